The van der Waals surface area contributed by atoms with Gasteiger partial charge in [-0.1, -0.05) is 49.2 Å². The second-order valence-corrected chi connectivity index (χ2v) is 6.66. The molecular formula is C20H20O6. The van der Waals surface area contributed by atoms with Gasteiger partial charge in [0.15, 0.2) is 5.41 Å². The fourth-order valence-electron chi connectivity index (χ4n) is 4.42. The van der Waals surface area contributed by atoms with Gasteiger partial charge in [-0.05, 0) is 25.0 Å². The van der Waals surface area contributed by atoms with Crippen molar-refractivity contribution in [1.29, 1.82) is 0 Å². The molecule has 26 heavy (non-hydrogen) atoms. The number of carboxylic acids is 2. The van der Waals surface area contributed by atoms with Crippen molar-refractivity contribution in [2.45, 2.75) is 31.1 Å². The smallest absolute Gasteiger partial charge is 0.322 e. The summed E-state index contributed by atoms with van der Waals surface area (Å²) in [6.45, 7) is 0. The van der Waals surface area contributed by atoms with Crippen molar-refractivity contribution < 1.29 is 30.0 Å². The standard InChI is InChI=1S/C20H20O6/c21-15-9-3-1-7-13(15)19(14-8-2-4-10-16(14)22)11-5-6-12-20(19,17(23)24)18(25)26/h1-4,7-10,21-22H,5-6,11-12H2,(H,23,24)(H,25,26). The first kappa shape index (κ1) is 17.8. The lowest BCUT2D eigenvalue weighted by molar-refractivity contribution is -0.173. The number of aliphatic carboxylic acids is 2. The Labute approximate surface area is 150 Å². The van der Waals surface area contributed by atoms with Crippen LogP contribution in [0.5, 0.6) is 11.5 Å². The van der Waals surface area contributed by atoms with Gasteiger partial charge in [0.1, 0.15) is 11.5 Å². The van der Waals surface area contributed by atoms with Gasteiger partial charge in [0.05, 0.1) is 5.41 Å². The van der Waals surface area contributed by atoms with Gasteiger partial charge in [-0.2, -0.15) is 0 Å². The van der Waals surface area contributed by atoms with Crippen molar-refractivity contribution >= 4 is 11.9 Å². The summed E-state index contributed by atoms with van der Waals surface area (Å²) in [6.07, 6.45) is 1.09. The number of carboxylic acid groups (broad SMARTS) is 2. The normalized spacial score (nSPS) is 18.2. The molecule has 6 heteroatoms. The van der Waals surface area contributed by atoms with Gasteiger partial charge >= 0.3 is 11.9 Å². The number of rotatable bonds is 4. The highest BCUT2D eigenvalue weighted by Crippen LogP contribution is 2.59. The van der Waals surface area contributed by atoms with E-state index in [1.54, 1.807) is 24.3 Å². The molecule has 6 nitrogen and oxygen atoms in total. The number of para-hydroxylation sites is 2. The number of hydrogen-bond acceptors (Lipinski definition) is 4. The molecule has 1 saturated carbocycles. The maximum Gasteiger partial charge on any atom is 0.322 e. The minimum Gasteiger partial charge on any atom is -0.508 e. The molecule has 1 aliphatic carbocycles. The summed E-state index contributed by atoms with van der Waals surface area (Å²) in [5.41, 5.74) is -3.40. The lowest BCUT2D eigenvalue weighted by Crippen LogP contribution is -2.58. The topological polar surface area (TPSA) is 115 Å². The minimum absolute atomic E-state index is 0.0969. The molecule has 0 saturated heterocycles. The van der Waals surface area contributed by atoms with Crippen LogP contribution in [0, 0.1) is 5.41 Å². The second-order valence-electron chi connectivity index (χ2n) is 6.66. The quantitative estimate of drug-likeness (QED) is 0.626. The van der Waals surface area contributed by atoms with Crippen LogP contribution in [0.15, 0.2) is 48.5 Å². The maximum atomic E-state index is 12.4. The van der Waals surface area contributed by atoms with Gasteiger partial charge in [0.25, 0.3) is 0 Å². The highest BCUT2D eigenvalue weighted by Gasteiger charge is 2.66. The largest absolute Gasteiger partial charge is 0.508 e. The number of phenols is 2. The van der Waals surface area contributed by atoms with Gasteiger partial charge in [0.2, 0.25) is 0 Å². The zero-order valence-electron chi connectivity index (χ0n) is 14.1. The molecule has 0 radical (unpaired) electrons. The van der Waals surface area contributed by atoms with Crippen molar-refractivity contribution in [3.63, 3.8) is 0 Å². The van der Waals surface area contributed by atoms with E-state index >= 15 is 0 Å². The van der Waals surface area contributed by atoms with E-state index in [-0.39, 0.29) is 35.5 Å². The van der Waals surface area contributed by atoms with Crippen molar-refractivity contribution in [3.8, 4) is 11.5 Å². The first-order valence-electron chi connectivity index (χ1n) is 8.41. The molecule has 0 aromatic heterocycles. The predicted octanol–water partition coefficient (Wildman–Crippen LogP) is 3.11. The summed E-state index contributed by atoms with van der Waals surface area (Å²) < 4.78 is 0. The summed E-state index contributed by atoms with van der Waals surface area (Å²) in [7, 11) is 0. The van der Waals surface area contributed by atoms with Crippen LogP contribution in [0.4, 0.5) is 0 Å². The van der Waals surface area contributed by atoms with E-state index in [2.05, 4.69) is 0 Å². The van der Waals surface area contributed by atoms with Crippen LogP contribution >= 0.6 is 0 Å². The summed E-state index contributed by atoms with van der Waals surface area (Å²) in [5, 5.41) is 41.1. The first-order valence-corrected chi connectivity index (χ1v) is 8.41. The Morgan fingerprint density at radius 2 is 1.15 bits per heavy atom. The van der Waals surface area contributed by atoms with Gasteiger partial charge in [-0.15, -0.1) is 0 Å². The Morgan fingerprint density at radius 3 is 1.58 bits per heavy atom. The molecule has 0 aliphatic heterocycles. The zero-order valence-corrected chi connectivity index (χ0v) is 14.1. The number of benzene rings is 2. The van der Waals surface area contributed by atoms with Crippen LogP contribution < -0.4 is 0 Å². The second kappa shape index (κ2) is 6.37. The monoisotopic (exact) mass is 356 g/mol. The van der Waals surface area contributed by atoms with Crippen LogP contribution in [-0.4, -0.2) is 32.4 Å². The van der Waals surface area contributed by atoms with Crippen molar-refractivity contribution in [2.75, 3.05) is 0 Å². The van der Waals surface area contributed by atoms with Crippen LogP contribution in [0.25, 0.3) is 0 Å². The SMILES string of the molecule is O=C(O)C1(C(=O)O)CCCCC1(c1ccccc1O)c1ccccc1O. The predicted molar refractivity (Wildman–Crippen MR) is 93.2 cm³/mol. The van der Waals surface area contributed by atoms with E-state index in [1.165, 1.54) is 24.3 Å². The van der Waals surface area contributed by atoms with Crippen molar-refractivity contribution in [1.82, 2.24) is 0 Å². The fraction of sp³-hybridized carbons (Fsp3) is 0.300. The zero-order chi connectivity index (χ0) is 18.9. The number of hydrogen-bond donors (Lipinski definition) is 4. The third kappa shape index (κ3) is 2.25. The van der Waals surface area contributed by atoms with E-state index in [0.29, 0.717) is 12.8 Å². The van der Waals surface area contributed by atoms with Crippen molar-refractivity contribution in [2.24, 2.45) is 5.41 Å². The minimum atomic E-state index is -2.21. The van der Waals surface area contributed by atoms with Crippen LogP contribution in [0.2, 0.25) is 0 Å². The molecule has 0 spiro atoms. The van der Waals surface area contributed by atoms with E-state index in [0.717, 1.165) is 0 Å². The lowest BCUT2D eigenvalue weighted by Gasteiger charge is -2.49. The van der Waals surface area contributed by atoms with E-state index in [4.69, 9.17) is 0 Å². The number of phenolic OH excluding ortho intramolecular Hbond substituents is 2. The molecular weight excluding hydrogens is 336 g/mol. The molecule has 0 atom stereocenters. The van der Waals surface area contributed by atoms with Gasteiger partial charge in [-0.25, -0.2) is 0 Å². The van der Waals surface area contributed by atoms with E-state index < -0.39 is 22.8 Å². The molecule has 0 unspecified atom stereocenters. The third-order valence-corrected chi connectivity index (χ3v) is 5.54. The summed E-state index contributed by atoms with van der Waals surface area (Å²) >= 11 is 0. The average molecular weight is 356 g/mol. The Balaban J connectivity index is 2.48. The molecule has 1 fully saturated rings. The lowest BCUT2D eigenvalue weighted by atomic mass is 9.50. The molecule has 3 rings (SSSR count). The van der Waals surface area contributed by atoms with Gasteiger partial charge in [0, 0.05) is 11.1 Å². The summed E-state index contributed by atoms with van der Waals surface area (Å²) in [6, 6.07) is 12.3. The Bertz CT molecular complexity index is 797. The van der Waals surface area contributed by atoms with Crippen LogP contribution in [0.1, 0.15) is 36.8 Å². The molecule has 4 N–H and O–H groups in total. The molecule has 1 aliphatic rings. The molecule has 0 heterocycles. The van der Waals surface area contributed by atoms with Crippen LogP contribution in [0.3, 0.4) is 0 Å². The van der Waals surface area contributed by atoms with Crippen molar-refractivity contribution in [3.05, 3.63) is 59.7 Å². The highest BCUT2D eigenvalue weighted by molar-refractivity contribution is 6.01. The highest BCUT2D eigenvalue weighted by atomic mass is 16.4. The first-order chi connectivity index (χ1) is 12.4. The summed E-state index contributed by atoms with van der Waals surface area (Å²) in [4.78, 5) is 24.7. The van der Waals surface area contributed by atoms with Crippen LogP contribution in [-0.2, 0) is 15.0 Å². The van der Waals surface area contributed by atoms with E-state index in [9.17, 15) is 30.0 Å². The number of aromatic hydroxyl groups is 2. The maximum absolute atomic E-state index is 12.4. The molecule has 2 aromatic rings. The Kier molecular flexibility index (Phi) is 4.36. The average Bonchev–Trinajstić information content (AvgIpc) is 2.62. The van der Waals surface area contributed by atoms with E-state index in [1.807, 2.05) is 0 Å². The van der Waals surface area contributed by atoms with Gasteiger partial charge < -0.3 is 20.4 Å². The van der Waals surface area contributed by atoms with Gasteiger partial charge in [-0.3, -0.25) is 9.59 Å². The summed E-state index contributed by atoms with van der Waals surface area (Å²) in [5.74, 6) is -3.33. The Morgan fingerprint density at radius 1 is 0.731 bits per heavy atom. The Hall–Kier alpha value is -3.02. The molecule has 2 aromatic carbocycles. The molecule has 136 valence electrons. The molecule has 0 amide bonds. The molecule has 0 bridgehead atoms. The third-order valence-electron chi connectivity index (χ3n) is 5.54. The fourth-order valence-corrected chi connectivity index (χ4v) is 4.42. The number of carbonyl (C=O) groups is 2.